The van der Waals surface area contributed by atoms with Gasteiger partial charge in [0.25, 0.3) is 5.91 Å². The maximum absolute atomic E-state index is 14.3. The van der Waals surface area contributed by atoms with Gasteiger partial charge in [-0.1, -0.05) is 13.8 Å². The van der Waals surface area contributed by atoms with Crippen molar-refractivity contribution in [2.24, 2.45) is 0 Å². The Hall–Kier alpha value is -2.81. The zero-order valence-electron chi connectivity index (χ0n) is 19.7. The highest BCUT2D eigenvalue weighted by molar-refractivity contribution is 5.94. The minimum Gasteiger partial charge on any atom is -0.333 e. The lowest BCUT2D eigenvalue weighted by Crippen LogP contribution is -2.38. The average Bonchev–Trinajstić information content (AvgIpc) is 3.25. The van der Waals surface area contributed by atoms with Crippen molar-refractivity contribution < 1.29 is 18.4 Å². The van der Waals surface area contributed by atoms with E-state index < -0.39 is 11.6 Å². The third kappa shape index (κ3) is 6.16. The second-order valence-electron chi connectivity index (χ2n) is 8.50. The Balaban J connectivity index is 2.01. The molecule has 1 aromatic heterocycles. The third-order valence-corrected chi connectivity index (χ3v) is 5.87. The van der Waals surface area contributed by atoms with E-state index in [0.29, 0.717) is 43.0 Å². The van der Waals surface area contributed by atoms with Gasteiger partial charge in [-0.25, -0.2) is 8.78 Å². The number of benzene rings is 1. The molecule has 1 aliphatic heterocycles. The molecule has 33 heavy (non-hydrogen) atoms. The number of rotatable bonds is 4. The first-order chi connectivity index (χ1) is 15.8. The quantitative estimate of drug-likeness (QED) is 0.697. The largest absolute Gasteiger partial charge is 0.333 e. The van der Waals surface area contributed by atoms with Gasteiger partial charge in [0.15, 0.2) is 11.6 Å². The van der Waals surface area contributed by atoms with Crippen LogP contribution < -0.4 is 4.90 Å². The van der Waals surface area contributed by atoms with Gasteiger partial charge in [0, 0.05) is 44.9 Å². The van der Waals surface area contributed by atoms with Gasteiger partial charge in [-0.2, -0.15) is 5.10 Å². The van der Waals surface area contributed by atoms with Crippen molar-refractivity contribution in [3.05, 3.63) is 47.3 Å². The van der Waals surface area contributed by atoms with Crippen LogP contribution in [-0.2, 0) is 17.9 Å². The van der Waals surface area contributed by atoms with Crippen LogP contribution >= 0.6 is 0 Å². The Morgan fingerprint density at radius 1 is 1.03 bits per heavy atom. The van der Waals surface area contributed by atoms with Gasteiger partial charge in [-0.05, 0) is 57.1 Å². The number of hydrogen-bond acceptors (Lipinski definition) is 4. The molecule has 2 aromatic rings. The van der Waals surface area contributed by atoms with Crippen molar-refractivity contribution in [1.82, 2.24) is 19.6 Å². The number of carbonyl (C=O) groups excluding carboxylic acids is 2. The highest BCUT2D eigenvalue weighted by Crippen LogP contribution is 2.27. The summed E-state index contributed by atoms with van der Waals surface area (Å²) in [7, 11) is 2.00. The fourth-order valence-electron chi connectivity index (χ4n) is 4.12. The van der Waals surface area contributed by atoms with E-state index in [0.717, 1.165) is 38.1 Å². The predicted octanol–water partition coefficient (Wildman–Crippen LogP) is 3.68. The molecule has 0 radical (unpaired) electrons. The van der Waals surface area contributed by atoms with E-state index in [2.05, 4.69) is 10.00 Å². The number of anilines is 1. The lowest BCUT2D eigenvalue weighted by atomic mass is 10.1. The Bertz CT molecular complexity index is 978. The van der Waals surface area contributed by atoms with Gasteiger partial charge >= 0.3 is 0 Å². The molecule has 1 aromatic carbocycles. The first kappa shape index (κ1) is 24.8. The predicted molar refractivity (Wildman–Crippen MR) is 123 cm³/mol. The van der Waals surface area contributed by atoms with Crippen LogP contribution in [0, 0.1) is 11.6 Å². The maximum atomic E-state index is 14.3. The average molecular weight is 462 g/mol. The second-order valence-corrected chi connectivity index (χ2v) is 8.50. The minimum absolute atomic E-state index is 0.0587. The minimum atomic E-state index is -1.01. The third-order valence-electron chi connectivity index (χ3n) is 5.87. The number of carbonyl (C=O) groups is 2. The maximum Gasteiger partial charge on any atom is 0.274 e. The van der Waals surface area contributed by atoms with E-state index in [1.54, 1.807) is 28.8 Å². The van der Waals surface area contributed by atoms with Crippen LogP contribution in [0.4, 0.5) is 14.5 Å². The molecule has 0 aliphatic carbocycles. The van der Waals surface area contributed by atoms with E-state index in [-0.39, 0.29) is 24.8 Å². The number of hydrogen-bond donors (Lipinski definition) is 0. The second kappa shape index (κ2) is 11.4. The van der Waals surface area contributed by atoms with Crippen LogP contribution in [0.25, 0.3) is 0 Å². The summed E-state index contributed by atoms with van der Waals surface area (Å²) >= 11 is 0. The van der Waals surface area contributed by atoms with Crippen molar-refractivity contribution in [3.63, 3.8) is 0 Å². The monoisotopic (exact) mass is 461 g/mol. The van der Waals surface area contributed by atoms with Crippen LogP contribution in [0.15, 0.2) is 24.4 Å². The zero-order valence-corrected chi connectivity index (χ0v) is 19.7. The fourth-order valence-corrected chi connectivity index (χ4v) is 4.12. The molecule has 0 saturated carbocycles. The summed E-state index contributed by atoms with van der Waals surface area (Å²) in [4.78, 5) is 31.3. The topological polar surface area (TPSA) is 61.7 Å². The van der Waals surface area contributed by atoms with Crippen molar-refractivity contribution in [1.29, 1.82) is 0 Å². The molecule has 0 N–H and O–H groups in total. The van der Waals surface area contributed by atoms with Crippen LogP contribution in [0.1, 0.15) is 55.6 Å². The van der Waals surface area contributed by atoms with Gasteiger partial charge in [0.2, 0.25) is 5.91 Å². The SMILES string of the molecule is CCCn1ccc(C(=O)N2CCCN(C)CCCN(C(=O)CC)c3cc(F)c(F)cc3C2)n1. The molecule has 0 atom stereocenters. The van der Waals surface area contributed by atoms with Crippen LogP contribution in [-0.4, -0.2) is 64.6 Å². The zero-order chi connectivity index (χ0) is 24.0. The number of halogens is 2. The summed E-state index contributed by atoms with van der Waals surface area (Å²) in [6.07, 6.45) is 4.34. The van der Waals surface area contributed by atoms with E-state index >= 15 is 0 Å². The molecule has 3 rings (SSSR count). The standard InChI is InChI=1S/C24H33F2N5O2/c1-4-9-30-14-8-21(27-30)24(33)29-12-6-10-28(3)11-7-13-31(23(32)5-2)22-16-20(26)19(25)15-18(22)17-29/h8,14-16H,4-7,9-13,17H2,1-3H3. The van der Waals surface area contributed by atoms with Gasteiger partial charge in [0.05, 0.1) is 5.69 Å². The summed E-state index contributed by atoms with van der Waals surface area (Å²) in [6.45, 7) is 6.90. The van der Waals surface area contributed by atoms with Crippen LogP contribution in [0.2, 0.25) is 0 Å². The van der Waals surface area contributed by atoms with Gasteiger partial charge in [0.1, 0.15) is 5.69 Å². The number of aryl methyl sites for hydroxylation is 1. The van der Waals surface area contributed by atoms with Crippen molar-refractivity contribution in [2.45, 2.75) is 52.6 Å². The molecular formula is C24H33F2N5O2. The van der Waals surface area contributed by atoms with Gasteiger partial charge < -0.3 is 14.7 Å². The van der Waals surface area contributed by atoms with E-state index in [9.17, 15) is 18.4 Å². The Kier molecular flexibility index (Phi) is 8.55. The lowest BCUT2D eigenvalue weighted by molar-refractivity contribution is -0.118. The van der Waals surface area contributed by atoms with Crippen molar-refractivity contribution in [3.8, 4) is 0 Å². The van der Waals surface area contributed by atoms with Crippen molar-refractivity contribution in [2.75, 3.05) is 38.1 Å². The summed E-state index contributed by atoms with van der Waals surface area (Å²) in [5.41, 5.74) is 1.04. The highest BCUT2D eigenvalue weighted by Gasteiger charge is 2.25. The molecule has 9 heteroatoms. The summed E-state index contributed by atoms with van der Waals surface area (Å²) < 4.78 is 30.2. The molecule has 0 spiro atoms. The lowest BCUT2D eigenvalue weighted by Gasteiger charge is -2.30. The Labute approximate surface area is 193 Å². The fraction of sp³-hybridized carbons (Fsp3) is 0.542. The molecular weight excluding hydrogens is 428 g/mol. The van der Waals surface area contributed by atoms with E-state index in [1.165, 1.54) is 4.90 Å². The van der Waals surface area contributed by atoms with E-state index in [4.69, 9.17) is 0 Å². The molecule has 0 saturated heterocycles. The summed E-state index contributed by atoms with van der Waals surface area (Å²) in [5.74, 6) is -2.45. The number of amides is 2. The Morgan fingerprint density at radius 2 is 1.73 bits per heavy atom. The molecule has 180 valence electrons. The summed E-state index contributed by atoms with van der Waals surface area (Å²) in [6, 6.07) is 3.86. The Morgan fingerprint density at radius 3 is 2.42 bits per heavy atom. The normalized spacial score (nSPS) is 16.2. The van der Waals surface area contributed by atoms with Gasteiger partial charge in [-0.15, -0.1) is 0 Å². The number of nitrogens with zero attached hydrogens (tertiary/aromatic N) is 5. The van der Waals surface area contributed by atoms with Crippen LogP contribution in [0.5, 0.6) is 0 Å². The number of aromatic nitrogens is 2. The van der Waals surface area contributed by atoms with Gasteiger partial charge in [-0.3, -0.25) is 14.3 Å². The summed E-state index contributed by atoms with van der Waals surface area (Å²) in [5, 5.41) is 4.38. The van der Waals surface area contributed by atoms with Crippen molar-refractivity contribution >= 4 is 17.5 Å². The molecule has 1 aliphatic rings. The molecule has 7 nitrogen and oxygen atoms in total. The molecule has 0 fully saturated rings. The molecule has 0 bridgehead atoms. The van der Waals surface area contributed by atoms with E-state index in [1.807, 2.05) is 14.0 Å². The number of fused-ring (bicyclic) bond motifs is 1. The first-order valence-electron chi connectivity index (χ1n) is 11.6. The first-order valence-corrected chi connectivity index (χ1v) is 11.6. The smallest absolute Gasteiger partial charge is 0.274 e. The van der Waals surface area contributed by atoms with Crippen LogP contribution in [0.3, 0.4) is 0 Å². The molecule has 0 unspecified atom stereocenters. The highest BCUT2D eigenvalue weighted by atomic mass is 19.2. The molecule has 2 heterocycles. The molecule has 2 amide bonds.